The molecule has 0 saturated carbocycles. The molecule has 0 saturated heterocycles. The lowest BCUT2D eigenvalue weighted by Crippen LogP contribution is -2.22. The number of aromatic nitrogens is 4. The van der Waals surface area contributed by atoms with Crippen molar-refractivity contribution in [2.45, 2.75) is 26.8 Å². The topological polar surface area (TPSA) is 46.3 Å². The second-order valence-electron chi connectivity index (χ2n) is 5.63. The molecule has 0 atom stereocenters. The summed E-state index contributed by atoms with van der Waals surface area (Å²) in [5.74, 6) is 2.51. The molecule has 2 aromatic heterocycles. The predicted octanol–water partition coefficient (Wildman–Crippen LogP) is 2.96. The first-order chi connectivity index (χ1) is 10.6. The lowest BCUT2D eigenvalue weighted by atomic mass is 10.2. The van der Waals surface area contributed by atoms with Crippen molar-refractivity contribution in [3.05, 3.63) is 51.9 Å². The van der Waals surface area contributed by atoms with Crippen molar-refractivity contribution in [3.8, 4) is 0 Å². The number of hydrogen-bond acceptors (Lipinski definition) is 4. The van der Waals surface area contributed by atoms with E-state index in [-0.39, 0.29) is 0 Å². The van der Waals surface area contributed by atoms with Gasteiger partial charge in [-0.2, -0.15) is 9.50 Å². The molecule has 0 N–H and O–H groups in total. The lowest BCUT2D eigenvalue weighted by Gasteiger charge is -2.20. The van der Waals surface area contributed by atoms with E-state index in [0.29, 0.717) is 5.78 Å². The Labute approximate surface area is 133 Å². The van der Waals surface area contributed by atoms with E-state index < -0.39 is 0 Å². The molecular weight excluding hydrogens is 298 g/mol. The Hall–Kier alpha value is -2.14. The highest BCUT2D eigenvalue weighted by atomic mass is 35.5. The molecule has 6 heteroatoms. The average molecular weight is 314 g/mol. The van der Waals surface area contributed by atoms with E-state index in [0.717, 1.165) is 47.4 Å². The van der Waals surface area contributed by atoms with Gasteiger partial charge in [0.2, 0.25) is 0 Å². The monoisotopic (exact) mass is 313 g/mol. The summed E-state index contributed by atoms with van der Waals surface area (Å²) in [6, 6.07) is 7.97. The standard InChI is InChI=1S/C16H16ClN5/c1-10-13-7-8-21(9-12-5-3-4-6-14(12)17)15(13)22-16(18-10)19-11(2)20-22/h3-6H,7-9H2,1-2H3. The highest BCUT2D eigenvalue weighted by Gasteiger charge is 2.26. The number of anilines is 1. The van der Waals surface area contributed by atoms with Gasteiger partial charge in [0.25, 0.3) is 5.78 Å². The van der Waals surface area contributed by atoms with Gasteiger partial charge in [0.1, 0.15) is 11.6 Å². The molecule has 3 heterocycles. The Kier molecular flexibility index (Phi) is 3.04. The van der Waals surface area contributed by atoms with Crippen LogP contribution in [0.4, 0.5) is 5.82 Å². The largest absolute Gasteiger partial charge is 0.351 e. The zero-order valence-electron chi connectivity index (χ0n) is 12.5. The van der Waals surface area contributed by atoms with Crippen molar-refractivity contribution in [3.63, 3.8) is 0 Å². The number of hydrogen-bond donors (Lipinski definition) is 0. The number of benzene rings is 1. The minimum absolute atomic E-state index is 0.666. The third-order valence-electron chi connectivity index (χ3n) is 4.12. The van der Waals surface area contributed by atoms with Crippen LogP contribution in [0.5, 0.6) is 0 Å². The Balaban J connectivity index is 1.83. The van der Waals surface area contributed by atoms with Crippen LogP contribution < -0.4 is 4.90 Å². The number of fused-ring (bicyclic) bond motifs is 3. The minimum Gasteiger partial charge on any atom is -0.351 e. The Bertz CT molecular complexity index is 870. The van der Waals surface area contributed by atoms with Crippen molar-refractivity contribution < 1.29 is 0 Å². The van der Waals surface area contributed by atoms with Crippen molar-refractivity contribution in [1.29, 1.82) is 0 Å². The molecule has 5 nitrogen and oxygen atoms in total. The van der Waals surface area contributed by atoms with Crippen LogP contribution in [0.25, 0.3) is 5.78 Å². The first kappa shape index (κ1) is 13.5. The summed E-state index contributed by atoms with van der Waals surface area (Å²) in [6.07, 6.45) is 0.980. The van der Waals surface area contributed by atoms with Gasteiger partial charge in [-0.05, 0) is 31.9 Å². The zero-order chi connectivity index (χ0) is 15.3. The van der Waals surface area contributed by atoms with Crippen LogP contribution in [0.3, 0.4) is 0 Å². The fourth-order valence-electron chi connectivity index (χ4n) is 3.08. The fraction of sp³-hybridized carbons (Fsp3) is 0.312. The van der Waals surface area contributed by atoms with Crippen LogP contribution in [-0.4, -0.2) is 26.1 Å². The molecule has 0 spiro atoms. The molecule has 0 bridgehead atoms. The minimum atomic E-state index is 0.666. The number of nitrogens with zero attached hydrogens (tertiary/aromatic N) is 5. The quantitative estimate of drug-likeness (QED) is 0.730. The second kappa shape index (κ2) is 4.95. The van der Waals surface area contributed by atoms with Gasteiger partial charge in [-0.3, -0.25) is 0 Å². The molecule has 0 amide bonds. The Morgan fingerprint density at radius 1 is 1.18 bits per heavy atom. The molecule has 1 aliphatic rings. The van der Waals surface area contributed by atoms with Gasteiger partial charge in [0, 0.05) is 29.4 Å². The van der Waals surface area contributed by atoms with Crippen molar-refractivity contribution in [2.24, 2.45) is 0 Å². The van der Waals surface area contributed by atoms with Gasteiger partial charge in [0.05, 0.1) is 0 Å². The van der Waals surface area contributed by atoms with Crippen LogP contribution in [0.1, 0.15) is 22.6 Å². The SMILES string of the molecule is Cc1nc2nc(C)c3c(n2n1)N(Cc1ccccc1Cl)CC3. The van der Waals surface area contributed by atoms with Crippen molar-refractivity contribution >= 4 is 23.2 Å². The first-order valence-electron chi connectivity index (χ1n) is 7.34. The van der Waals surface area contributed by atoms with Gasteiger partial charge in [-0.25, -0.2) is 4.98 Å². The summed E-state index contributed by atoms with van der Waals surface area (Å²) in [5.41, 5.74) is 3.41. The van der Waals surface area contributed by atoms with E-state index in [1.165, 1.54) is 5.56 Å². The van der Waals surface area contributed by atoms with Crippen molar-refractivity contribution in [1.82, 2.24) is 19.6 Å². The molecule has 3 aromatic rings. The maximum absolute atomic E-state index is 6.31. The molecule has 112 valence electrons. The number of halogens is 1. The highest BCUT2D eigenvalue weighted by molar-refractivity contribution is 6.31. The molecule has 0 radical (unpaired) electrons. The molecule has 4 rings (SSSR count). The summed E-state index contributed by atoms with van der Waals surface area (Å²) >= 11 is 6.31. The number of aryl methyl sites for hydroxylation is 2. The van der Waals surface area contributed by atoms with E-state index >= 15 is 0 Å². The summed E-state index contributed by atoms with van der Waals surface area (Å²) in [6.45, 7) is 5.65. The van der Waals surface area contributed by atoms with Crippen molar-refractivity contribution in [2.75, 3.05) is 11.4 Å². The van der Waals surface area contributed by atoms with E-state index in [2.05, 4.69) is 26.0 Å². The Morgan fingerprint density at radius 3 is 2.82 bits per heavy atom. The Morgan fingerprint density at radius 2 is 2.00 bits per heavy atom. The summed E-state index contributed by atoms with van der Waals surface area (Å²) < 4.78 is 1.86. The third kappa shape index (κ3) is 2.04. The lowest BCUT2D eigenvalue weighted by molar-refractivity contribution is 0.795. The van der Waals surface area contributed by atoms with Crippen LogP contribution >= 0.6 is 11.6 Å². The first-order valence-corrected chi connectivity index (χ1v) is 7.72. The third-order valence-corrected chi connectivity index (χ3v) is 4.49. The molecule has 0 aliphatic carbocycles. The van der Waals surface area contributed by atoms with E-state index in [1.807, 2.05) is 36.6 Å². The van der Waals surface area contributed by atoms with Crippen LogP contribution in [0.15, 0.2) is 24.3 Å². The molecule has 0 unspecified atom stereocenters. The smallest absolute Gasteiger partial charge is 0.254 e. The zero-order valence-corrected chi connectivity index (χ0v) is 13.3. The second-order valence-corrected chi connectivity index (χ2v) is 6.04. The summed E-state index contributed by atoms with van der Waals surface area (Å²) in [7, 11) is 0. The molecule has 0 fully saturated rings. The molecule has 22 heavy (non-hydrogen) atoms. The normalized spacial score (nSPS) is 13.9. The molecular formula is C16H16ClN5. The fourth-order valence-corrected chi connectivity index (χ4v) is 3.28. The van der Waals surface area contributed by atoms with E-state index in [1.54, 1.807) is 0 Å². The average Bonchev–Trinajstić information content (AvgIpc) is 3.05. The van der Waals surface area contributed by atoms with Crippen LogP contribution in [0.2, 0.25) is 5.02 Å². The molecule has 1 aliphatic heterocycles. The van der Waals surface area contributed by atoms with Gasteiger partial charge >= 0.3 is 0 Å². The van der Waals surface area contributed by atoms with Crippen LogP contribution in [0, 0.1) is 13.8 Å². The maximum Gasteiger partial charge on any atom is 0.254 e. The summed E-state index contributed by atoms with van der Waals surface area (Å²) in [4.78, 5) is 11.3. The van der Waals surface area contributed by atoms with E-state index in [9.17, 15) is 0 Å². The summed E-state index contributed by atoms with van der Waals surface area (Å²) in [5, 5.41) is 5.31. The number of rotatable bonds is 2. The van der Waals surface area contributed by atoms with Gasteiger partial charge in [-0.1, -0.05) is 29.8 Å². The van der Waals surface area contributed by atoms with Gasteiger partial charge < -0.3 is 4.90 Å². The predicted molar refractivity (Wildman–Crippen MR) is 86.5 cm³/mol. The van der Waals surface area contributed by atoms with E-state index in [4.69, 9.17) is 11.6 Å². The highest BCUT2D eigenvalue weighted by Crippen LogP contribution is 2.32. The van der Waals surface area contributed by atoms with Gasteiger partial charge in [-0.15, -0.1) is 5.10 Å². The van der Waals surface area contributed by atoms with Crippen LogP contribution in [-0.2, 0) is 13.0 Å². The maximum atomic E-state index is 6.31. The molecule has 1 aromatic carbocycles. The van der Waals surface area contributed by atoms with Gasteiger partial charge in [0.15, 0.2) is 0 Å².